The van der Waals surface area contributed by atoms with Gasteiger partial charge in [0.05, 0.1) is 6.04 Å². The van der Waals surface area contributed by atoms with Gasteiger partial charge in [-0.3, -0.25) is 9.69 Å². The second kappa shape index (κ2) is 6.25. The molecule has 1 N–H and O–H groups in total. The molecule has 5 fully saturated rings. The maximum atomic E-state index is 13.2. The summed E-state index contributed by atoms with van der Waals surface area (Å²) in [5.74, 6) is 5.55. The Hall–Kier alpha value is -0.570. The summed E-state index contributed by atoms with van der Waals surface area (Å²) < 4.78 is 0. The largest absolute Gasteiger partial charge is 0.352 e. The number of hydrogen-bond donors (Lipinski definition) is 1. The number of rotatable bonds is 4. The molecule has 1 heterocycles. The molecular formula is C22H36N2O. The molecule has 4 saturated carbocycles. The minimum Gasteiger partial charge on any atom is -0.352 e. The van der Waals surface area contributed by atoms with Gasteiger partial charge in [-0.15, -0.1) is 0 Å². The molecule has 3 nitrogen and oxygen atoms in total. The van der Waals surface area contributed by atoms with Crippen LogP contribution in [0, 0.1) is 35.5 Å². The first-order chi connectivity index (χ1) is 12.1. The third-order valence-corrected chi connectivity index (χ3v) is 8.15. The number of piperidine rings is 1. The van der Waals surface area contributed by atoms with Crippen molar-refractivity contribution < 1.29 is 4.79 Å². The fourth-order valence-electron chi connectivity index (χ4n) is 7.22. The topological polar surface area (TPSA) is 32.3 Å². The van der Waals surface area contributed by atoms with Crippen LogP contribution in [0.3, 0.4) is 0 Å². The molecule has 5 rings (SSSR count). The number of nitrogens with one attached hydrogen (secondary N) is 1. The summed E-state index contributed by atoms with van der Waals surface area (Å²) in [7, 11) is 0. The quantitative estimate of drug-likeness (QED) is 0.841. The third kappa shape index (κ3) is 3.15. The van der Waals surface area contributed by atoms with Crippen molar-refractivity contribution in [3.05, 3.63) is 0 Å². The van der Waals surface area contributed by atoms with Crippen molar-refractivity contribution in [2.75, 3.05) is 6.54 Å². The molecule has 5 aliphatic rings. The van der Waals surface area contributed by atoms with Crippen LogP contribution in [0.4, 0.5) is 0 Å². The summed E-state index contributed by atoms with van der Waals surface area (Å²) in [5.41, 5.74) is 0. The van der Waals surface area contributed by atoms with Crippen LogP contribution in [0.1, 0.15) is 71.6 Å². The van der Waals surface area contributed by atoms with Crippen molar-refractivity contribution in [2.24, 2.45) is 35.5 Å². The van der Waals surface area contributed by atoms with Crippen molar-refractivity contribution in [1.82, 2.24) is 10.2 Å². The average Bonchev–Trinajstić information content (AvgIpc) is 2.99. The standard InChI is InChI=1S/C22H36N2O/c1-13(2)12-24-20-4-3-16(11-20)21(24)22(25)23-19-8-14-5-15(9-19)7-18-10-17(18)6-14/h13-21H,3-12H2,1-2H3,(H,23,25)/t14?,15?,16?,17?,18?,19?,20?,21-/m0/s1. The smallest absolute Gasteiger partial charge is 0.237 e. The second-order valence-corrected chi connectivity index (χ2v) is 10.6. The van der Waals surface area contributed by atoms with Crippen LogP contribution in [0.5, 0.6) is 0 Å². The van der Waals surface area contributed by atoms with Crippen LogP contribution < -0.4 is 5.32 Å². The van der Waals surface area contributed by atoms with Gasteiger partial charge >= 0.3 is 0 Å². The van der Waals surface area contributed by atoms with Gasteiger partial charge in [0.25, 0.3) is 0 Å². The molecule has 0 aromatic carbocycles. The lowest BCUT2D eigenvalue weighted by Crippen LogP contribution is -2.54. The summed E-state index contributed by atoms with van der Waals surface area (Å²) in [6.07, 6.45) is 12.3. The Bertz CT molecular complexity index is 510. The zero-order valence-corrected chi connectivity index (χ0v) is 16.1. The molecule has 25 heavy (non-hydrogen) atoms. The van der Waals surface area contributed by atoms with Crippen LogP contribution in [0.15, 0.2) is 0 Å². The highest BCUT2D eigenvalue weighted by atomic mass is 16.2. The molecular weight excluding hydrogens is 308 g/mol. The van der Waals surface area contributed by atoms with E-state index in [4.69, 9.17) is 0 Å². The molecule has 7 atom stereocenters. The van der Waals surface area contributed by atoms with Crippen molar-refractivity contribution in [2.45, 2.75) is 89.8 Å². The van der Waals surface area contributed by atoms with Gasteiger partial charge in [-0.05, 0) is 93.3 Å². The van der Waals surface area contributed by atoms with Crippen LogP contribution >= 0.6 is 0 Å². The van der Waals surface area contributed by atoms with E-state index < -0.39 is 0 Å². The predicted molar refractivity (Wildman–Crippen MR) is 100 cm³/mol. The molecule has 0 aromatic heterocycles. The highest BCUT2D eigenvalue weighted by molar-refractivity contribution is 5.83. The maximum Gasteiger partial charge on any atom is 0.237 e. The van der Waals surface area contributed by atoms with Crippen molar-refractivity contribution in [1.29, 1.82) is 0 Å². The van der Waals surface area contributed by atoms with E-state index in [1.807, 2.05) is 0 Å². The summed E-state index contributed by atoms with van der Waals surface area (Å²) in [4.78, 5) is 15.8. The number of carbonyl (C=O) groups is 1. The minimum atomic E-state index is 0.179. The van der Waals surface area contributed by atoms with Crippen molar-refractivity contribution in [3.8, 4) is 0 Å². The van der Waals surface area contributed by atoms with E-state index in [9.17, 15) is 4.79 Å². The number of amides is 1. The third-order valence-electron chi connectivity index (χ3n) is 8.15. The first-order valence-corrected chi connectivity index (χ1v) is 11.1. The molecule has 3 heteroatoms. The number of likely N-dealkylation sites (tertiary alicyclic amines) is 1. The molecule has 1 amide bonds. The SMILES string of the molecule is CC(C)CN1C2CCC(C2)[C@H]1C(=O)NC1CC2CC(C1)CC1CC1C2. The fraction of sp³-hybridized carbons (Fsp3) is 0.955. The molecule has 6 unspecified atom stereocenters. The van der Waals surface area contributed by atoms with Crippen LogP contribution in [0.25, 0.3) is 0 Å². The van der Waals surface area contributed by atoms with Crippen LogP contribution in [-0.4, -0.2) is 35.5 Å². The van der Waals surface area contributed by atoms with Crippen LogP contribution in [-0.2, 0) is 4.79 Å². The molecule has 1 aliphatic heterocycles. The first kappa shape index (κ1) is 16.6. The van der Waals surface area contributed by atoms with Gasteiger partial charge < -0.3 is 5.32 Å². The summed E-state index contributed by atoms with van der Waals surface area (Å²) in [5, 5.41) is 3.55. The summed E-state index contributed by atoms with van der Waals surface area (Å²) in [6.45, 7) is 5.68. The average molecular weight is 345 g/mol. The van der Waals surface area contributed by atoms with Gasteiger partial charge in [0, 0.05) is 18.6 Å². The Kier molecular flexibility index (Phi) is 4.15. The van der Waals surface area contributed by atoms with Crippen LogP contribution in [0.2, 0.25) is 0 Å². The lowest BCUT2D eigenvalue weighted by molar-refractivity contribution is -0.129. The van der Waals surface area contributed by atoms with Crippen molar-refractivity contribution >= 4 is 5.91 Å². The molecule has 0 spiro atoms. The normalized spacial score (nSPS) is 48.3. The van der Waals surface area contributed by atoms with Gasteiger partial charge in [0.2, 0.25) is 5.91 Å². The molecule has 0 radical (unpaired) electrons. The van der Waals surface area contributed by atoms with E-state index in [1.165, 1.54) is 57.8 Å². The zero-order valence-electron chi connectivity index (χ0n) is 16.1. The second-order valence-electron chi connectivity index (χ2n) is 10.6. The van der Waals surface area contributed by atoms with Gasteiger partial charge in [0.15, 0.2) is 0 Å². The lowest BCUT2D eigenvalue weighted by Gasteiger charge is -2.38. The van der Waals surface area contributed by atoms with E-state index >= 15 is 0 Å². The number of carbonyl (C=O) groups excluding carboxylic acids is 1. The van der Waals surface area contributed by atoms with E-state index in [2.05, 4.69) is 24.1 Å². The fourth-order valence-corrected chi connectivity index (χ4v) is 7.22. The van der Waals surface area contributed by atoms with Gasteiger partial charge in [-0.25, -0.2) is 0 Å². The maximum absolute atomic E-state index is 13.2. The van der Waals surface area contributed by atoms with Gasteiger partial charge in [-0.1, -0.05) is 13.8 Å². The Labute approximate surface area is 153 Å². The van der Waals surface area contributed by atoms with Crippen molar-refractivity contribution in [3.63, 3.8) is 0 Å². The summed E-state index contributed by atoms with van der Waals surface area (Å²) >= 11 is 0. The monoisotopic (exact) mass is 344 g/mol. The van der Waals surface area contributed by atoms with E-state index in [0.29, 0.717) is 29.8 Å². The van der Waals surface area contributed by atoms with E-state index in [0.717, 1.165) is 30.2 Å². The minimum absolute atomic E-state index is 0.179. The Morgan fingerprint density at radius 1 is 0.920 bits per heavy atom. The molecule has 4 aliphatic carbocycles. The number of fused-ring (bicyclic) bond motifs is 5. The number of hydrogen-bond acceptors (Lipinski definition) is 2. The lowest BCUT2D eigenvalue weighted by atomic mass is 9.76. The Morgan fingerprint density at radius 3 is 2.32 bits per heavy atom. The highest BCUT2D eigenvalue weighted by Crippen LogP contribution is 2.54. The molecule has 1 saturated heterocycles. The predicted octanol–water partition coefficient (Wildman–Crippen LogP) is 3.83. The zero-order chi connectivity index (χ0) is 17.1. The molecule has 0 aromatic rings. The Balaban J connectivity index is 1.24. The number of nitrogens with zero attached hydrogens (tertiary/aromatic N) is 1. The molecule has 4 bridgehead atoms. The summed E-state index contributed by atoms with van der Waals surface area (Å²) in [6, 6.07) is 1.33. The van der Waals surface area contributed by atoms with Gasteiger partial charge in [0.1, 0.15) is 0 Å². The van der Waals surface area contributed by atoms with E-state index in [1.54, 1.807) is 0 Å². The first-order valence-electron chi connectivity index (χ1n) is 11.1. The Morgan fingerprint density at radius 2 is 1.64 bits per heavy atom. The van der Waals surface area contributed by atoms with E-state index in [-0.39, 0.29) is 6.04 Å². The van der Waals surface area contributed by atoms with Gasteiger partial charge in [-0.2, -0.15) is 0 Å². The highest BCUT2D eigenvalue weighted by Gasteiger charge is 2.50. The molecule has 140 valence electrons.